The van der Waals surface area contributed by atoms with Crippen LogP contribution in [0.3, 0.4) is 0 Å². The van der Waals surface area contributed by atoms with Gasteiger partial charge in [-0.1, -0.05) is 45.4 Å². The van der Waals surface area contributed by atoms with Crippen LogP contribution in [0.15, 0.2) is 46.0 Å². The number of benzene rings is 2. The zero-order valence-corrected chi connectivity index (χ0v) is 23.9. The number of unbranched alkanes of at least 4 members (excludes halogenated alkanes) is 1. The molecular formula is C28H38BrN3O5. The number of aryl methyl sites for hydroxylation is 1. The van der Waals surface area contributed by atoms with Crippen molar-refractivity contribution < 1.29 is 23.8 Å². The Balaban J connectivity index is 2.02. The highest BCUT2D eigenvalue weighted by Crippen LogP contribution is 2.36. The van der Waals surface area contributed by atoms with E-state index in [1.165, 1.54) is 6.21 Å². The average Bonchev–Trinajstić information content (AvgIpc) is 2.84. The first-order valence-electron chi connectivity index (χ1n) is 12.6. The van der Waals surface area contributed by atoms with E-state index in [0.717, 1.165) is 28.4 Å². The van der Waals surface area contributed by atoms with E-state index in [0.29, 0.717) is 36.9 Å². The van der Waals surface area contributed by atoms with Gasteiger partial charge in [0.05, 0.1) is 23.9 Å². The number of hydrazone groups is 1. The van der Waals surface area contributed by atoms with Crippen molar-refractivity contribution in [1.82, 2.24) is 10.7 Å². The van der Waals surface area contributed by atoms with Gasteiger partial charge in [-0.05, 0) is 77.9 Å². The van der Waals surface area contributed by atoms with E-state index in [4.69, 9.17) is 14.2 Å². The van der Waals surface area contributed by atoms with Gasteiger partial charge in [0.2, 0.25) is 0 Å². The summed E-state index contributed by atoms with van der Waals surface area (Å²) in [6.45, 7) is 10.8. The number of ether oxygens (including phenoxy) is 3. The van der Waals surface area contributed by atoms with Crippen LogP contribution in [0.25, 0.3) is 0 Å². The topological polar surface area (TPSA) is 98.2 Å². The van der Waals surface area contributed by atoms with Crippen LogP contribution in [0.5, 0.6) is 17.2 Å². The Kier molecular flexibility index (Phi) is 13.0. The van der Waals surface area contributed by atoms with Gasteiger partial charge in [0, 0.05) is 0 Å². The maximum atomic E-state index is 12.8. The molecule has 0 fully saturated rings. The molecule has 2 rings (SSSR count). The van der Waals surface area contributed by atoms with Crippen molar-refractivity contribution in [2.45, 2.75) is 59.9 Å². The van der Waals surface area contributed by atoms with E-state index in [9.17, 15) is 9.59 Å². The van der Waals surface area contributed by atoms with E-state index in [1.807, 2.05) is 58.0 Å². The molecule has 8 nitrogen and oxygen atoms in total. The van der Waals surface area contributed by atoms with Gasteiger partial charge in [-0.2, -0.15) is 5.10 Å². The van der Waals surface area contributed by atoms with E-state index in [2.05, 4.69) is 38.7 Å². The molecule has 37 heavy (non-hydrogen) atoms. The number of hydrogen-bond donors (Lipinski definition) is 2. The SMILES string of the molecule is CCCCOc1c(Br)cc(/C=N\NC(=O)[C@H](CC(C)C)NC(=O)COc2ccccc2C)cc1OCC. The van der Waals surface area contributed by atoms with Crippen LogP contribution in [-0.4, -0.2) is 43.9 Å². The van der Waals surface area contributed by atoms with Crippen molar-refractivity contribution in [1.29, 1.82) is 0 Å². The molecule has 0 aromatic heterocycles. The zero-order chi connectivity index (χ0) is 27.2. The number of para-hydroxylation sites is 1. The molecule has 0 heterocycles. The van der Waals surface area contributed by atoms with Crippen molar-refractivity contribution >= 4 is 34.0 Å². The van der Waals surface area contributed by atoms with Crippen molar-refractivity contribution in [2.24, 2.45) is 11.0 Å². The number of carbonyl (C=O) groups excluding carboxylic acids is 2. The molecule has 2 aromatic carbocycles. The third-order valence-corrected chi connectivity index (χ3v) is 5.86. The Hall–Kier alpha value is -3.07. The van der Waals surface area contributed by atoms with Crippen LogP contribution < -0.4 is 25.0 Å². The van der Waals surface area contributed by atoms with Gasteiger partial charge in [-0.15, -0.1) is 0 Å². The molecule has 2 aromatic rings. The number of rotatable bonds is 15. The number of nitrogens with zero attached hydrogens (tertiary/aromatic N) is 1. The Labute approximate surface area is 228 Å². The summed E-state index contributed by atoms with van der Waals surface area (Å²) in [5, 5.41) is 6.86. The van der Waals surface area contributed by atoms with Crippen LogP contribution in [-0.2, 0) is 9.59 Å². The Morgan fingerprint density at radius 1 is 1.08 bits per heavy atom. The van der Waals surface area contributed by atoms with E-state index in [1.54, 1.807) is 6.07 Å². The molecule has 2 amide bonds. The minimum atomic E-state index is -0.745. The minimum absolute atomic E-state index is 0.183. The molecule has 9 heteroatoms. The van der Waals surface area contributed by atoms with Crippen LogP contribution in [0.4, 0.5) is 0 Å². The second kappa shape index (κ2) is 15.9. The van der Waals surface area contributed by atoms with Gasteiger partial charge in [0.1, 0.15) is 11.8 Å². The molecule has 0 aliphatic rings. The molecular weight excluding hydrogens is 538 g/mol. The van der Waals surface area contributed by atoms with Gasteiger partial charge in [0.25, 0.3) is 11.8 Å². The van der Waals surface area contributed by atoms with Gasteiger partial charge in [-0.3, -0.25) is 9.59 Å². The molecule has 0 aliphatic carbocycles. The highest BCUT2D eigenvalue weighted by molar-refractivity contribution is 9.10. The molecule has 0 saturated carbocycles. The standard InChI is InChI=1S/C28H38BrN3O5/c1-6-8-13-36-27-22(29)15-21(16-25(27)35-7-2)17-30-32-28(34)23(14-19(3)4)31-26(33)18-37-24-12-10-9-11-20(24)5/h9-12,15-17,19,23H,6-8,13-14,18H2,1-5H3,(H,31,33)(H,32,34)/b30-17-/t23-/m0/s1. The summed E-state index contributed by atoms with van der Waals surface area (Å²) in [5.41, 5.74) is 4.19. The third-order valence-electron chi connectivity index (χ3n) is 5.28. The summed E-state index contributed by atoms with van der Waals surface area (Å²) in [6.07, 6.45) is 3.96. The van der Waals surface area contributed by atoms with E-state index >= 15 is 0 Å². The summed E-state index contributed by atoms with van der Waals surface area (Å²) in [7, 11) is 0. The summed E-state index contributed by atoms with van der Waals surface area (Å²) in [6, 6.07) is 10.4. The van der Waals surface area contributed by atoms with Crippen molar-refractivity contribution in [3.8, 4) is 17.2 Å². The maximum absolute atomic E-state index is 12.8. The van der Waals surface area contributed by atoms with Crippen LogP contribution in [0.1, 0.15) is 58.1 Å². The lowest BCUT2D eigenvalue weighted by molar-refractivity contribution is -0.130. The molecule has 0 unspecified atom stereocenters. The number of halogens is 1. The van der Waals surface area contributed by atoms with Gasteiger partial charge in [-0.25, -0.2) is 5.43 Å². The molecule has 0 saturated heterocycles. The van der Waals surface area contributed by atoms with Crippen molar-refractivity contribution in [2.75, 3.05) is 19.8 Å². The van der Waals surface area contributed by atoms with Crippen LogP contribution in [0, 0.1) is 12.8 Å². The quantitative estimate of drug-likeness (QED) is 0.168. The van der Waals surface area contributed by atoms with Crippen molar-refractivity contribution in [3.63, 3.8) is 0 Å². The number of hydrogen-bond acceptors (Lipinski definition) is 6. The maximum Gasteiger partial charge on any atom is 0.262 e. The fourth-order valence-corrected chi connectivity index (χ4v) is 4.01. The summed E-state index contributed by atoms with van der Waals surface area (Å²) >= 11 is 3.54. The third kappa shape index (κ3) is 10.4. The lowest BCUT2D eigenvalue weighted by Gasteiger charge is -2.19. The van der Waals surface area contributed by atoms with Crippen LogP contribution in [0.2, 0.25) is 0 Å². The van der Waals surface area contributed by atoms with E-state index < -0.39 is 11.9 Å². The van der Waals surface area contributed by atoms with Crippen LogP contribution >= 0.6 is 15.9 Å². The summed E-state index contributed by atoms with van der Waals surface area (Å²) < 4.78 is 18.0. The van der Waals surface area contributed by atoms with Gasteiger partial charge >= 0.3 is 0 Å². The molecule has 2 N–H and O–H groups in total. The fraction of sp³-hybridized carbons (Fsp3) is 0.464. The Bertz CT molecular complexity index is 1060. The molecule has 0 aliphatic heterocycles. The lowest BCUT2D eigenvalue weighted by atomic mass is 10.0. The van der Waals surface area contributed by atoms with Gasteiger partial charge in [0.15, 0.2) is 18.1 Å². The first kappa shape index (κ1) is 30.2. The smallest absolute Gasteiger partial charge is 0.262 e. The molecule has 0 spiro atoms. The highest BCUT2D eigenvalue weighted by Gasteiger charge is 2.22. The predicted molar refractivity (Wildman–Crippen MR) is 150 cm³/mol. The Morgan fingerprint density at radius 3 is 2.51 bits per heavy atom. The average molecular weight is 577 g/mol. The molecule has 1 atom stereocenters. The largest absolute Gasteiger partial charge is 0.490 e. The second-order valence-electron chi connectivity index (χ2n) is 9.00. The second-order valence-corrected chi connectivity index (χ2v) is 9.86. The van der Waals surface area contributed by atoms with Crippen molar-refractivity contribution in [3.05, 3.63) is 52.0 Å². The lowest BCUT2D eigenvalue weighted by Crippen LogP contribution is -2.47. The predicted octanol–water partition coefficient (Wildman–Crippen LogP) is 5.40. The normalized spacial score (nSPS) is 11.9. The van der Waals surface area contributed by atoms with E-state index in [-0.39, 0.29) is 18.4 Å². The van der Waals surface area contributed by atoms with Gasteiger partial charge < -0.3 is 19.5 Å². The first-order chi connectivity index (χ1) is 17.7. The minimum Gasteiger partial charge on any atom is -0.490 e. The highest BCUT2D eigenvalue weighted by atomic mass is 79.9. The zero-order valence-electron chi connectivity index (χ0n) is 22.3. The number of carbonyl (C=O) groups is 2. The monoisotopic (exact) mass is 575 g/mol. The summed E-state index contributed by atoms with van der Waals surface area (Å²) in [5.74, 6) is 1.27. The molecule has 202 valence electrons. The first-order valence-corrected chi connectivity index (χ1v) is 13.4. The summed E-state index contributed by atoms with van der Waals surface area (Å²) in [4.78, 5) is 25.3. The fourth-order valence-electron chi connectivity index (χ4n) is 3.43. The number of amides is 2. The Morgan fingerprint density at radius 2 is 1.84 bits per heavy atom. The molecule has 0 bridgehead atoms. The number of nitrogens with one attached hydrogen (secondary N) is 2. The molecule has 0 radical (unpaired) electrons.